The Morgan fingerprint density at radius 1 is 1.04 bits per heavy atom. The number of rotatable bonds is 5. The van der Waals surface area contributed by atoms with Crippen molar-refractivity contribution in [2.75, 3.05) is 44.6 Å². The largest absolute Gasteiger partial charge is 0.450 e. The molecule has 24 heavy (non-hydrogen) atoms. The number of nitrogens with zero attached hydrogens (tertiary/aromatic N) is 2. The van der Waals surface area contributed by atoms with Crippen LogP contribution in [0.2, 0.25) is 0 Å². The summed E-state index contributed by atoms with van der Waals surface area (Å²) in [5, 5.41) is 3.31. The van der Waals surface area contributed by atoms with Gasteiger partial charge < -0.3 is 19.9 Å². The van der Waals surface area contributed by atoms with Crippen LogP contribution in [-0.2, 0) is 9.53 Å². The summed E-state index contributed by atoms with van der Waals surface area (Å²) in [5.41, 5.74) is 3.46. The molecule has 0 aromatic heterocycles. The molecule has 2 amide bonds. The summed E-state index contributed by atoms with van der Waals surface area (Å²) >= 11 is 0. The van der Waals surface area contributed by atoms with Gasteiger partial charge in [0.1, 0.15) is 0 Å². The van der Waals surface area contributed by atoms with Gasteiger partial charge in [0.15, 0.2) is 0 Å². The van der Waals surface area contributed by atoms with Crippen molar-refractivity contribution < 1.29 is 14.3 Å². The van der Waals surface area contributed by atoms with Gasteiger partial charge in [-0.25, -0.2) is 4.79 Å². The van der Waals surface area contributed by atoms with Crippen molar-refractivity contribution in [2.45, 2.75) is 27.2 Å². The first kappa shape index (κ1) is 18.1. The Labute approximate surface area is 143 Å². The van der Waals surface area contributed by atoms with Crippen molar-refractivity contribution in [3.05, 3.63) is 29.3 Å². The van der Waals surface area contributed by atoms with E-state index in [1.54, 1.807) is 11.8 Å². The molecule has 0 aliphatic carbocycles. The number of piperazine rings is 1. The lowest BCUT2D eigenvalue weighted by atomic mass is 10.1. The number of carbonyl (C=O) groups excluding carboxylic acids is 2. The molecule has 6 heteroatoms. The van der Waals surface area contributed by atoms with E-state index in [1.165, 1.54) is 11.1 Å². The SMILES string of the molecule is CCOC(=O)N1CCN(C(=O)CCNc2cc(C)cc(C)c2)CC1. The van der Waals surface area contributed by atoms with Gasteiger partial charge in [-0.15, -0.1) is 0 Å². The Kier molecular flexibility index (Phi) is 6.46. The Morgan fingerprint density at radius 3 is 2.21 bits per heavy atom. The van der Waals surface area contributed by atoms with Crippen molar-refractivity contribution in [3.8, 4) is 0 Å². The van der Waals surface area contributed by atoms with E-state index in [9.17, 15) is 9.59 Å². The highest BCUT2D eigenvalue weighted by Gasteiger charge is 2.24. The zero-order valence-corrected chi connectivity index (χ0v) is 14.8. The quantitative estimate of drug-likeness (QED) is 0.899. The van der Waals surface area contributed by atoms with Crippen LogP contribution in [0.15, 0.2) is 18.2 Å². The molecule has 6 nitrogen and oxygen atoms in total. The molecule has 0 spiro atoms. The molecule has 132 valence electrons. The Morgan fingerprint density at radius 2 is 1.62 bits per heavy atom. The summed E-state index contributed by atoms with van der Waals surface area (Å²) in [5.74, 6) is 0.121. The van der Waals surface area contributed by atoms with E-state index in [-0.39, 0.29) is 12.0 Å². The van der Waals surface area contributed by atoms with E-state index in [2.05, 4.69) is 37.4 Å². The summed E-state index contributed by atoms with van der Waals surface area (Å²) in [6, 6.07) is 6.28. The summed E-state index contributed by atoms with van der Waals surface area (Å²) in [6.07, 6.45) is 0.160. The van der Waals surface area contributed by atoms with Crippen LogP contribution >= 0.6 is 0 Å². The Hall–Kier alpha value is -2.24. The number of anilines is 1. The first-order valence-electron chi connectivity index (χ1n) is 8.51. The van der Waals surface area contributed by atoms with E-state index < -0.39 is 0 Å². The molecule has 0 radical (unpaired) electrons. The lowest BCUT2D eigenvalue weighted by molar-refractivity contribution is -0.132. The maximum atomic E-state index is 12.3. The fourth-order valence-electron chi connectivity index (χ4n) is 2.90. The van der Waals surface area contributed by atoms with Gasteiger partial charge in [-0.1, -0.05) is 6.07 Å². The average Bonchev–Trinajstić information content (AvgIpc) is 2.54. The lowest BCUT2D eigenvalue weighted by Gasteiger charge is -2.34. The molecule has 1 aliphatic heterocycles. The molecule has 1 heterocycles. The Balaban J connectivity index is 1.73. The fraction of sp³-hybridized carbons (Fsp3) is 0.556. The molecule has 1 aliphatic rings. The molecule has 0 unspecified atom stereocenters. The van der Waals surface area contributed by atoms with E-state index in [0.717, 1.165) is 5.69 Å². The first-order valence-corrected chi connectivity index (χ1v) is 8.51. The second kappa shape index (κ2) is 8.57. The summed E-state index contributed by atoms with van der Waals surface area (Å²) in [6.45, 7) is 9.12. The van der Waals surface area contributed by atoms with Crippen molar-refractivity contribution in [1.29, 1.82) is 0 Å². The highest BCUT2D eigenvalue weighted by Crippen LogP contribution is 2.14. The number of aryl methyl sites for hydroxylation is 2. The van der Waals surface area contributed by atoms with Crippen LogP contribution in [0, 0.1) is 13.8 Å². The van der Waals surface area contributed by atoms with E-state index in [0.29, 0.717) is 45.8 Å². The molecule has 1 N–H and O–H groups in total. The van der Waals surface area contributed by atoms with Crippen molar-refractivity contribution in [3.63, 3.8) is 0 Å². The molecule has 1 saturated heterocycles. The van der Waals surface area contributed by atoms with Gasteiger partial charge in [0, 0.05) is 44.8 Å². The molecule has 0 saturated carbocycles. The van der Waals surface area contributed by atoms with Crippen LogP contribution in [0.3, 0.4) is 0 Å². The smallest absolute Gasteiger partial charge is 0.409 e. The van der Waals surface area contributed by atoms with Gasteiger partial charge in [0.05, 0.1) is 6.61 Å². The monoisotopic (exact) mass is 333 g/mol. The predicted octanol–water partition coefficient (Wildman–Crippen LogP) is 2.41. The second-order valence-corrected chi connectivity index (χ2v) is 6.12. The topological polar surface area (TPSA) is 61.9 Å². The zero-order valence-electron chi connectivity index (χ0n) is 14.8. The normalized spacial score (nSPS) is 14.5. The Bertz CT molecular complexity index is 561. The second-order valence-electron chi connectivity index (χ2n) is 6.12. The summed E-state index contributed by atoms with van der Waals surface area (Å²) in [7, 11) is 0. The van der Waals surface area contributed by atoms with E-state index in [4.69, 9.17) is 4.74 Å². The number of nitrogens with one attached hydrogen (secondary N) is 1. The van der Waals surface area contributed by atoms with Gasteiger partial charge in [-0.3, -0.25) is 4.79 Å². The standard InChI is InChI=1S/C18H27N3O3/c1-4-24-18(23)21-9-7-20(8-10-21)17(22)5-6-19-16-12-14(2)11-15(3)13-16/h11-13,19H,4-10H2,1-3H3. The number of hydrogen-bond acceptors (Lipinski definition) is 4. The highest BCUT2D eigenvalue weighted by molar-refractivity contribution is 5.77. The third kappa shape index (κ3) is 5.15. The maximum Gasteiger partial charge on any atom is 0.409 e. The number of amides is 2. The van der Waals surface area contributed by atoms with E-state index >= 15 is 0 Å². The third-order valence-corrected chi connectivity index (χ3v) is 4.05. The molecule has 0 bridgehead atoms. The van der Waals surface area contributed by atoms with Crippen LogP contribution in [0.1, 0.15) is 24.5 Å². The van der Waals surface area contributed by atoms with Gasteiger partial charge in [0.2, 0.25) is 5.91 Å². The third-order valence-electron chi connectivity index (χ3n) is 4.05. The molecule has 1 aromatic rings. The lowest BCUT2D eigenvalue weighted by Crippen LogP contribution is -2.50. The fourth-order valence-corrected chi connectivity index (χ4v) is 2.90. The molecule has 1 fully saturated rings. The van der Waals surface area contributed by atoms with Gasteiger partial charge in [0.25, 0.3) is 0 Å². The maximum absolute atomic E-state index is 12.3. The molecule has 2 rings (SSSR count). The van der Waals surface area contributed by atoms with Crippen LogP contribution in [-0.4, -0.2) is 61.1 Å². The van der Waals surface area contributed by atoms with Crippen LogP contribution in [0.25, 0.3) is 0 Å². The van der Waals surface area contributed by atoms with Crippen molar-refractivity contribution in [2.24, 2.45) is 0 Å². The average molecular weight is 333 g/mol. The number of carbonyl (C=O) groups is 2. The van der Waals surface area contributed by atoms with E-state index in [1.807, 2.05) is 4.90 Å². The van der Waals surface area contributed by atoms with Crippen LogP contribution < -0.4 is 5.32 Å². The minimum absolute atomic E-state index is 0.121. The molecule has 1 aromatic carbocycles. The molecular formula is C18H27N3O3. The first-order chi connectivity index (χ1) is 11.5. The molecular weight excluding hydrogens is 306 g/mol. The van der Waals surface area contributed by atoms with Crippen LogP contribution in [0.5, 0.6) is 0 Å². The van der Waals surface area contributed by atoms with Crippen molar-refractivity contribution >= 4 is 17.7 Å². The predicted molar refractivity (Wildman–Crippen MR) is 94.2 cm³/mol. The number of hydrogen-bond donors (Lipinski definition) is 1. The van der Waals surface area contributed by atoms with Gasteiger partial charge in [-0.2, -0.15) is 0 Å². The van der Waals surface area contributed by atoms with Crippen molar-refractivity contribution in [1.82, 2.24) is 9.80 Å². The highest BCUT2D eigenvalue weighted by atomic mass is 16.6. The minimum Gasteiger partial charge on any atom is -0.450 e. The minimum atomic E-state index is -0.291. The van der Waals surface area contributed by atoms with Gasteiger partial charge in [-0.05, 0) is 44.0 Å². The summed E-state index contributed by atoms with van der Waals surface area (Å²) < 4.78 is 4.98. The van der Waals surface area contributed by atoms with Gasteiger partial charge >= 0.3 is 6.09 Å². The zero-order chi connectivity index (χ0) is 17.5. The van der Waals surface area contributed by atoms with Crippen LogP contribution in [0.4, 0.5) is 10.5 Å². The summed E-state index contributed by atoms with van der Waals surface area (Å²) in [4.78, 5) is 27.4. The molecule has 0 atom stereocenters. The number of benzene rings is 1. The number of ether oxygens (including phenoxy) is 1.